The number of benzene rings is 1. The van der Waals surface area contributed by atoms with Crippen molar-refractivity contribution in [3.8, 4) is 0 Å². The third-order valence-corrected chi connectivity index (χ3v) is 2.42. The van der Waals surface area contributed by atoms with Crippen LogP contribution >= 0.6 is 0 Å². The van der Waals surface area contributed by atoms with Gasteiger partial charge in [0.05, 0.1) is 12.1 Å². The van der Waals surface area contributed by atoms with E-state index >= 15 is 0 Å². The molecule has 0 bridgehead atoms. The van der Waals surface area contributed by atoms with Gasteiger partial charge in [-0.1, -0.05) is 0 Å². The van der Waals surface area contributed by atoms with Crippen LogP contribution in [0.5, 0.6) is 0 Å². The number of nitrogens with zero attached hydrogens (tertiary/aromatic N) is 2. The Balaban J connectivity index is 2.52. The van der Waals surface area contributed by atoms with Crippen LogP contribution in [0.3, 0.4) is 0 Å². The first-order valence-corrected chi connectivity index (χ1v) is 5.30. The summed E-state index contributed by atoms with van der Waals surface area (Å²) in [6.45, 7) is 1.53. The molecule has 0 spiro atoms. The van der Waals surface area contributed by atoms with Gasteiger partial charge >= 0.3 is 5.97 Å². The second-order valence-electron chi connectivity index (χ2n) is 3.59. The maximum atomic E-state index is 13.7. The van der Waals surface area contributed by atoms with Gasteiger partial charge < -0.3 is 10.5 Å². The maximum absolute atomic E-state index is 13.7. The second-order valence-corrected chi connectivity index (χ2v) is 3.59. The average molecular weight is 255 g/mol. The lowest BCUT2D eigenvalue weighted by atomic mass is 10.3. The van der Waals surface area contributed by atoms with Gasteiger partial charge in [0.25, 0.3) is 0 Å². The normalized spacial score (nSPS) is 10.8. The molecule has 0 aliphatic rings. The molecule has 2 rings (SSSR count). The van der Waals surface area contributed by atoms with Crippen LogP contribution < -0.4 is 5.73 Å². The minimum absolute atomic E-state index is 0.0671. The molecule has 0 aliphatic heterocycles. The van der Waals surface area contributed by atoms with Crippen molar-refractivity contribution in [1.82, 2.24) is 9.55 Å². The van der Waals surface area contributed by atoms with E-state index in [-0.39, 0.29) is 30.1 Å². The summed E-state index contributed by atoms with van der Waals surface area (Å²) in [5, 5.41) is 0. The van der Waals surface area contributed by atoms with Crippen LogP contribution in [-0.2, 0) is 16.1 Å². The van der Waals surface area contributed by atoms with Gasteiger partial charge in [0.2, 0.25) is 5.95 Å². The highest BCUT2D eigenvalue weighted by Gasteiger charge is 2.18. The highest BCUT2D eigenvalue weighted by Crippen LogP contribution is 2.22. The Morgan fingerprint density at radius 3 is 2.89 bits per heavy atom. The molecule has 96 valence electrons. The molecule has 0 aliphatic carbocycles. The molecule has 0 saturated heterocycles. The zero-order valence-corrected chi connectivity index (χ0v) is 9.61. The Labute approximate surface area is 101 Å². The molecule has 18 heavy (non-hydrogen) atoms. The minimum atomic E-state index is -1.08. The third kappa shape index (κ3) is 1.99. The number of hydrogen-bond donors (Lipinski definition) is 1. The number of ether oxygens (including phenoxy) is 1. The molecule has 0 radical (unpaired) electrons. The van der Waals surface area contributed by atoms with E-state index in [0.29, 0.717) is 0 Å². The first-order valence-electron chi connectivity index (χ1n) is 5.30. The number of esters is 1. The summed E-state index contributed by atoms with van der Waals surface area (Å²) in [6, 6.07) is 2.25. The summed E-state index contributed by atoms with van der Waals surface area (Å²) in [6.07, 6.45) is 0. The van der Waals surface area contributed by atoms with Crippen molar-refractivity contribution in [1.29, 1.82) is 0 Å². The van der Waals surface area contributed by atoms with E-state index < -0.39 is 17.6 Å². The fourth-order valence-corrected chi connectivity index (χ4v) is 1.67. The smallest absolute Gasteiger partial charge is 0.326 e. The van der Waals surface area contributed by atoms with Crippen LogP contribution in [0.25, 0.3) is 11.0 Å². The van der Waals surface area contributed by atoms with E-state index in [9.17, 15) is 13.6 Å². The molecule has 0 unspecified atom stereocenters. The number of nitrogen functional groups attached to an aromatic ring is 1. The zero-order chi connectivity index (χ0) is 13.3. The number of nitrogens with two attached hydrogens (primary N) is 1. The fraction of sp³-hybridized carbons (Fsp3) is 0.273. The Morgan fingerprint density at radius 1 is 1.50 bits per heavy atom. The zero-order valence-electron chi connectivity index (χ0n) is 9.61. The van der Waals surface area contributed by atoms with Gasteiger partial charge in [0.15, 0.2) is 11.6 Å². The van der Waals surface area contributed by atoms with Gasteiger partial charge in [0.1, 0.15) is 12.1 Å². The van der Waals surface area contributed by atoms with Crippen molar-refractivity contribution in [2.45, 2.75) is 13.5 Å². The molecule has 0 atom stereocenters. The number of anilines is 1. The number of halogens is 2. The van der Waals surface area contributed by atoms with Crippen molar-refractivity contribution < 1.29 is 18.3 Å². The summed E-state index contributed by atoms with van der Waals surface area (Å²) in [5.41, 5.74) is 5.62. The second kappa shape index (κ2) is 4.59. The predicted octanol–water partition coefficient (Wildman–Crippen LogP) is 1.46. The van der Waals surface area contributed by atoms with Crippen molar-refractivity contribution in [3.63, 3.8) is 0 Å². The van der Waals surface area contributed by atoms with Gasteiger partial charge in [0, 0.05) is 0 Å². The number of rotatable bonds is 3. The van der Waals surface area contributed by atoms with E-state index in [4.69, 9.17) is 10.5 Å². The summed E-state index contributed by atoms with van der Waals surface area (Å²) < 4.78 is 32.6. The number of imidazole rings is 1. The molecule has 0 amide bonds. The minimum Gasteiger partial charge on any atom is -0.465 e. The summed E-state index contributed by atoms with van der Waals surface area (Å²) in [5.74, 6) is -2.76. The monoisotopic (exact) mass is 255 g/mol. The van der Waals surface area contributed by atoms with Crippen molar-refractivity contribution >= 4 is 23.0 Å². The van der Waals surface area contributed by atoms with Gasteiger partial charge in [-0.05, 0) is 19.1 Å². The number of carbonyl (C=O) groups is 1. The maximum Gasteiger partial charge on any atom is 0.326 e. The lowest BCUT2D eigenvalue weighted by molar-refractivity contribution is -0.143. The first kappa shape index (κ1) is 12.3. The molecule has 0 saturated carbocycles. The van der Waals surface area contributed by atoms with Gasteiger partial charge in [-0.15, -0.1) is 0 Å². The van der Waals surface area contributed by atoms with Crippen LogP contribution in [-0.4, -0.2) is 22.1 Å². The van der Waals surface area contributed by atoms with Crippen molar-refractivity contribution in [2.24, 2.45) is 0 Å². The molecular weight excluding hydrogens is 244 g/mol. The van der Waals surface area contributed by atoms with Crippen molar-refractivity contribution in [2.75, 3.05) is 12.3 Å². The topological polar surface area (TPSA) is 70.1 Å². The molecule has 1 aromatic heterocycles. The predicted molar refractivity (Wildman–Crippen MR) is 60.7 cm³/mol. The summed E-state index contributed by atoms with van der Waals surface area (Å²) in [4.78, 5) is 15.2. The molecular formula is C11H11F2N3O2. The molecule has 2 N–H and O–H groups in total. The van der Waals surface area contributed by atoms with Gasteiger partial charge in [-0.3, -0.25) is 9.36 Å². The van der Waals surface area contributed by atoms with E-state index in [0.717, 1.165) is 10.6 Å². The van der Waals surface area contributed by atoms with Crippen LogP contribution in [0.1, 0.15) is 6.92 Å². The number of aromatic nitrogens is 2. The van der Waals surface area contributed by atoms with Gasteiger partial charge in [-0.2, -0.15) is 0 Å². The first-order chi connectivity index (χ1) is 8.54. The molecule has 5 nitrogen and oxygen atoms in total. The average Bonchev–Trinajstić information content (AvgIpc) is 2.62. The SMILES string of the molecule is CCOC(=O)Cn1c(N)nc2ccc(F)c(F)c21. The molecule has 1 heterocycles. The van der Waals surface area contributed by atoms with Crippen LogP contribution in [0, 0.1) is 11.6 Å². The summed E-state index contributed by atoms with van der Waals surface area (Å²) in [7, 11) is 0. The highest BCUT2D eigenvalue weighted by atomic mass is 19.2. The molecule has 1 aromatic carbocycles. The van der Waals surface area contributed by atoms with E-state index in [1.807, 2.05) is 0 Å². The van der Waals surface area contributed by atoms with Crippen molar-refractivity contribution in [3.05, 3.63) is 23.8 Å². The standard InChI is InChI=1S/C11H11F2N3O2/c1-2-18-8(17)5-16-10-7(15-11(16)14)4-3-6(12)9(10)13/h3-4H,2,5H2,1H3,(H2,14,15). The van der Waals surface area contributed by atoms with Gasteiger partial charge in [-0.25, -0.2) is 13.8 Å². The Morgan fingerprint density at radius 2 is 2.22 bits per heavy atom. The van der Waals surface area contributed by atoms with Crippen LogP contribution in [0.4, 0.5) is 14.7 Å². The lowest BCUT2D eigenvalue weighted by Gasteiger charge is -2.06. The van der Waals surface area contributed by atoms with Crippen LogP contribution in [0.2, 0.25) is 0 Å². The summed E-state index contributed by atoms with van der Waals surface area (Å²) >= 11 is 0. The van der Waals surface area contributed by atoms with Crippen LogP contribution in [0.15, 0.2) is 12.1 Å². The number of carbonyl (C=O) groups excluding carboxylic acids is 1. The Bertz CT molecular complexity index is 610. The van der Waals surface area contributed by atoms with E-state index in [1.54, 1.807) is 6.92 Å². The van der Waals surface area contributed by atoms with E-state index in [1.165, 1.54) is 6.07 Å². The number of hydrogen-bond acceptors (Lipinski definition) is 4. The largest absolute Gasteiger partial charge is 0.465 e. The molecule has 2 aromatic rings. The Hall–Kier alpha value is -2.18. The third-order valence-electron chi connectivity index (χ3n) is 2.42. The lowest BCUT2D eigenvalue weighted by Crippen LogP contribution is -2.15. The van der Waals surface area contributed by atoms with E-state index in [2.05, 4.69) is 4.98 Å². The molecule has 0 fully saturated rings. The number of fused-ring (bicyclic) bond motifs is 1. The quantitative estimate of drug-likeness (QED) is 0.843. The Kier molecular flexibility index (Phi) is 3.14. The fourth-order valence-electron chi connectivity index (χ4n) is 1.67. The molecule has 7 heteroatoms. The highest BCUT2D eigenvalue weighted by molar-refractivity contribution is 5.81.